The highest BCUT2D eigenvalue weighted by Gasteiger charge is 2.06. The minimum absolute atomic E-state index is 0.0267. The van der Waals surface area contributed by atoms with Crippen molar-refractivity contribution in [3.05, 3.63) is 47.8 Å². The number of benzene rings is 1. The van der Waals surface area contributed by atoms with Crippen LogP contribution in [0.2, 0.25) is 0 Å². The summed E-state index contributed by atoms with van der Waals surface area (Å²) in [5, 5.41) is 24.0. The maximum absolute atomic E-state index is 9.49. The number of hydrogen-bond acceptors (Lipinski definition) is 5. The van der Waals surface area contributed by atoms with E-state index in [1.54, 1.807) is 12.4 Å². The van der Waals surface area contributed by atoms with E-state index in [1.165, 1.54) is 5.56 Å². The second kappa shape index (κ2) is 8.78. The molecule has 21 heavy (non-hydrogen) atoms. The van der Waals surface area contributed by atoms with Crippen molar-refractivity contribution in [2.75, 3.05) is 14.1 Å². The number of aliphatic hydroxyl groups is 1. The van der Waals surface area contributed by atoms with Crippen LogP contribution in [0.1, 0.15) is 11.1 Å². The molecule has 1 aromatic heterocycles. The quantitative estimate of drug-likeness (QED) is 0.827. The molecule has 1 aromatic carbocycles. The average Bonchev–Trinajstić information content (AvgIpc) is 2.48. The number of nitrogens with zero attached hydrogens (tertiary/aromatic N) is 3. The summed E-state index contributed by atoms with van der Waals surface area (Å²) < 4.78 is 0. The Kier molecular flexibility index (Phi) is 7.00. The second-order valence-corrected chi connectivity index (χ2v) is 4.62. The molecular formula is C15H19N3O3. The third-order valence-corrected chi connectivity index (χ3v) is 2.73. The van der Waals surface area contributed by atoms with Crippen LogP contribution in [-0.2, 0) is 17.9 Å². The minimum atomic E-state index is -0.250. The molecule has 1 heterocycles. The van der Waals surface area contributed by atoms with Crippen molar-refractivity contribution in [1.29, 1.82) is 0 Å². The standard InChI is InChI=1S/C14H17N3O.CH2O2/c1-17(2)9-11-3-4-14(13(7-11)10-18)12-5-6-15-16-8-12;2-1-3/h3-8,18H,9-10H2,1-2H3;1H,(H,2,3). The maximum atomic E-state index is 9.49. The third kappa shape index (κ3) is 5.29. The summed E-state index contributed by atoms with van der Waals surface area (Å²) in [6.07, 6.45) is 3.37. The van der Waals surface area contributed by atoms with Crippen LogP contribution in [0.4, 0.5) is 0 Å². The highest BCUT2D eigenvalue weighted by Crippen LogP contribution is 2.24. The second-order valence-electron chi connectivity index (χ2n) is 4.62. The van der Waals surface area contributed by atoms with Crippen LogP contribution in [0.25, 0.3) is 11.1 Å². The fourth-order valence-electron chi connectivity index (χ4n) is 1.97. The first-order chi connectivity index (χ1) is 10.1. The molecule has 2 aromatic rings. The van der Waals surface area contributed by atoms with Crippen molar-refractivity contribution < 1.29 is 15.0 Å². The molecule has 0 aliphatic heterocycles. The van der Waals surface area contributed by atoms with Gasteiger partial charge in [0.05, 0.1) is 19.0 Å². The lowest BCUT2D eigenvalue weighted by molar-refractivity contribution is -0.122. The zero-order chi connectivity index (χ0) is 15.7. The average molecular weight is 289 g/mol. The highest BCUT2D eigenvalue weighted by atomic mass is 16.3. The molecule has 6 nitrogen and oxygen atoms in total. The van der Waals surface area contributed by atoms with Gasteiger partial charge >= 0.3 is 0 Å². The predicted octanol–water partition coefficient (Wildman–Crippen LogP) is 1.40. The van der Waals surface area contributed by atoms with Crippen molar-refractivity contribution in [2.45, 2.75) is 13.2 Å². The van der Waals surface area contributed by atoms with Crippen LogP contribution in [0.5, 0.6) is 0 Å². The number of carboxylic acid groups (broad SMARTS) is 1. The van der Waals surface area contributed by atoms with E-state index >= 15 is 0 Å². The van der Waals surface area contributed by atoms with Gasteiger partial charge in [-0.05, 0) is 36.9 Å². The smallest absolute Gasteiger partial charge is 0.290 e. The zero-order valence-electron chi connectivity index (χ0n) is 12.1. The maximum Gasteiger partial charge on any atom is 0.290 e. The number of aliphatic hydroxyl groups excluding tert-OH is 1. The summed E-state index contributed by atoms with van der Waals surface area (Å²) in [6.45, 7) is 0.640. The van der Waals surface area contributed by atoms with E-state index in [1.807, 2.05) is 32.3 Å². The fourth-order valence-corrected chi connectivity index (χ4v) is 1.97. The van der Waals surface area contributed by atoms with Crippen molar-refractivity contribution in [2.24, 2.45) is 0 Å². The lowest BCUT2D eigenvalue weighted by atomic mass is 9.99. The van der Waals surface area contributed by atoms with E-state index in [9.17, 15) is 5.11 Å². The van der Waals surface area contributed by atoms with Gasteiger partial charge in [-0.2, -0.15) is 10.2 Å². The van der Waals surface area contributed by atoms with E-state index in [2.05, 4.69) is 21.2 Å². The Morgan fingerprint density at radius 3 is 2.48 bits per heavy atom. The molecule has 0 aliphatic rings. The number of carbonyl (C=O) groups is 1. The molecule has 0 radical (unpaired) electrons. The summed E-state index contributed by atoms with van der Waals surface area (Å²) in [5.74, 6) is 0. The normalized spacial score (nSPS) is 9.90. The topological polar surface area (TPSA) is 86.5 Å². The fraction of sp³-hybridized carbons (Fsp3) is 0.267. The minimum Gasteiger partial charge on any atom is -0.483 e. The molecule has 0 aliphatic carbocycles. The molecule has 0 saturated heterocycles. The van der Waals surface area contributed by atoms with E-state index in [4.69, 9.17) is 9.90 Å². The number of hydrogen-bond donors (Lipinski definition) is 2. The zero-order valence-corrected chi connectivity index (χ0v) is 12.1. The predicted molar refractivity (Wildman–Crippen MR) is 79.5 cm³/mol. The summed E-state index contributed by atoms with van der Waals surface area (Å²) in [7, 11) is 4.05. The van der Waals surface area contributed by atoms with Crippen molar-refractivity contribution in [1.82, 2.24) is 15.1 Å². The molecule has 0 bridgehead atoms. The van der Waals surface area contributed by atoms with Crippen LogP contribution in [0.3, 0.4) is 0 Å². The highest BCUT2D eigenvalue weighted by molar-refractivity contribution is 5.66. The first kappa shape index (κ1) is 16.7. The molecule has 0 fully saturated rings. The molecule has 0 unspecified atom stereocenters. The van der Waals surface area contributed by atoms with Gasteiger partial charge in [0.25, 0.3) is 6.47 Å². The van der Waals surface area contributed by atoms with E-state index < -0.39 is 0 Å². The van der Waals surface area contributed by atoms with Gasteiger partial charge in [-0.3, -0.25) is 4.79 Å². The molecule has 112 valence electrons. The van der Waals surface area contributed by atoms with Gasteiger partial charge in [-0.15, -0.1) is 0 Å². The van der Waals surface area contributed by atoms with Crippen LogP contribution in [0.15, 0.2) is 36.7 Å². The van der Waals surface area contributed by atoms with Gasteiger partial charge in [-0.25, -0.2) is 0 Å². The SMILES string of the molecule is CN(C)Cc1ccc(-c2ccnnc2)c(CO)c1.O=CO. The van der Waals surface area contributed by atoms with Gasteiger partial charge in [0, 0.05) is 12.1 Å². The van der Waals surface area contributed by atoms with Crippen molar-refractivity contribution in [3.63, 3.8) is 0 Å². The molecule has 0 amide bonds. The van der Waals surface area contributed by atoms with Gasteiger partial charge in [0.1, 0.15) is 0 Å². The molecule has 0 atom stereocenters. The lowest BCUT2D eigenvalue weighted by Crippen LogP contribution is -2.11. The van der Waals surface area contributed by atoms with Crippen molar-refractivity contribution >= 4 is 6.47 Å². The molecular weight excluding hydrogens is 270 g/mol. The summed E-state index contributed by atoms with van der Waals surface area (Å²) in [4.78, 5) is 10.5. The van der Waals surface area contributed by atoms with Gasteiger partial charge in [0.15, 0.2) is 0 Å². The van der Waals surface area contributed by atoms with E-state index in [-0.39, 0.29) is 13.1 Å². The lowest BCUT2D eigenvalue weighted by Gasteiger charge is -2.13. The molecule has 0 saturated carbocycles. The Hall–Kier alpha value is -2.31. The van der Waals surface area contributed by atoms with Gasteiger partial charge in [-0.1, -0.05) is 18.2 Å². The van der Waals surface area contributed by atoms with Crippen LogP contribution < -0.4 is 0 Å². The molecule has 6 heteroatoms. The van der Waals surface area contributed by atoms with Gasteiger partial charge < -0.3 is 15.1 Å². The van der Waals surface area contributed by atoms with Gasteiger partial charge in [0.2, 0.25) is 0 Å². The van der Waals surface area contributed by atoms with E-state index in [0.717, 1.165) is 23.2 Å². The summed E-state index contributed by atoms with van der Waals surface area (Å²) in [5.41, 5.74) is 4.09. The molecule has 2 rings (SSSR count). The van der Waals surface area contributed by atoms with Crippen LogP contribution >= 0.6 is 0 Å². The van der Waals surface area contributed by atoms with E-state index in [0.29, 0.717) is 0 Å². The Morgan fingerprint density at radius 1 is 1.24 bits per heavy atom. The Balaban J connectivity index is 0.000000677. The van der Waals surface area contributed by atoms with Crippen LogP contribution in [-0.4, -0.2) is 45.9 Å². The first-order valence-corrected chi connectivity index (χ1v) is 6.34. The van der Waals surface area contributed by atoms with Crippen molar-refractivity contribution in [3.8, 4) is 11.1 Å². The molecule has 2 N–H and O–H groups in total. The summed E-state index contributed by atoms with van der Waals surface area (Å²) >= 11 is 0. The number of aromatic nitrogens is 2. The summed E-state index contributed by atoms with van der Waals surface area (Å²) in [6, 6.07) is 8.04. The number of rotatable bonds is 4. The third-order valence-electron chi connectivity index (χ3n) is 2.73. The Bertz CT molecular complexity index is 559. The first-order valence-electron chi connectivity index (χ1n) is 6.34. The largest absolute Gasteiger partial charge is 0.483 e. The Morgan fingerprint density at radius 2 is 1.95 bits per heavy atom. The molecule has 0 spiro atoms. The Labute approximate surface area is 123 Å². The monoisotopic (exact) mass is 289 g/mol. The van der Waals surface area contributed by atoms with Crippen LogP contribution in [0, 0.1) is 0 Å².